The van der Waals surface area contributed by atoms with Crippen molar-refractivity contribution in [1.29, 1.82) is 5.26 Å². The Kier molecular flexibility index (Phi) is 3.04. The molecule has 0 atom stereocenters. The number of nitriles is 1. The number of hydrogen-bond acceptors (Lipinski definition) is 4. The van der Waals surface area contributed by atoms with Gasteiger partial charge in [0.1, 0.15) is 11.8 Å². The zero-order valence-electron chi connectivity index (χ0n) is 9.77. The van der Waals surface area contributed by atoms with E-state index in [-0.39, 0.29) is 0 Å². The maximum Gasteiger partial charge on any atom is 0.226 e. The molecule has 0 unspecified atom stereocenters. The van der Waals surface area contributed by atoms with E-state index in [2.05, 4.69) is 34.8 Å². The second kappa shape index (κ2) is 4.48. The van der Waals surface area contributed by atoms with Crippen molar-refractivity contribution in [2.24, 2.45) is 0 Å². The van der Waals surface area contributed by atoms with Crippen LogP contribution < -0.4 is 4.90 Å². The Morgan fingerprint density at radius 1 is 1.31 bits per heavy atom. The van der Waals surface area contributed by atoms with Crippen LogP contribution in [0.2, 0.25) is 0 Å². The summed E-state index contributed by atoms with van der Waals surface area (Å²) < 4.78 is 0. The third kappa shape index (κ3) is 2.13. The van der Waals surface area contributed by atoms with Gasteiger partial charge in [-0.05, 0) is 24.8 Å². The van der Waals surface area contributed by atoms with Gasteiger partial charge in [0.25, 0.3) is 0 Å². The van der Waals surface area contributed by atoms with E-state index in [9.17, 15) is 0 Å². The SMILES string of the molecule is CC(C)c1cc(C#N)nc(N2CCCC2)n1. The van der Waals surface area contributed by atoms with Gasteiger partial charge < -0.3 is 4.90 Å². The molecule has 1 saturated heterocycles. The summed E-state index contributed by atoms with van der Waals surface area (Å²) in [5.41, 5.74) is 1.43. The van der Waals surface area contributed by atoms with Crippen LogP contribution >= 0.6 is 0 Å². The van der Waals surface area contributed by atoms with E-state index in [0.717, 1.165) is 24.7 Å². The molecule has 0 bridgehead atoms. The molecule has 0 aliphatic carbocycles. The van der Waals surface area contributed by atoms with Crippen LogP contribution in [0.1, 0.15) is 44.0 Å². The first kappa shape index (κ1) is 10.9. The van der Waals surface area contributed by atoms with Crippen LogP contribution in [0, 0.1) is 11.3 Å². The van der Waals surface area contributed by atoms with Crippen LogP contribution in [0.25, 0.3) is 0 Å². The molecule has 4 nitrogen and oxygen atoms in total. The molecule has 16 heavy (non-hydrogen) atoms. The molecule has 0 spiro atoms. The number of aromatic nitrogens is 2. The first-order valence-electron chi connectivity index (χ1n) is 5.74. The Morgan fingerprint density at radius 3 is 2.56 bits per heavy atom. The monoisotopic (exact) mass is 216 g/mol. The molecule has 1 aliphatic rings. The van der Waals surface area contributed by atoms with Crippen molar-refractivity contribution >= 4 is 5.95 Å². The maximum atomic E-state index is 8.95. The van der Waals surface area contributed by atoms with Crippen LogP contribution in [0.4, 0.5) is 5.95 Å². The van der Waals surface area contributed by atoms with Gasteiger partial charge in [-0.1, -0.05) is 13.8 Å². The number of hydrogen-bond donors (Lipinski definition) is 0. The summed E-state index contributed by atoms with van der Waals surface area (Å²) in [7, 11) is 0. The Labute approximate surface area is 95.9 Å². The van der Waals surface area contributed by atoms with Crippen LogP contribution in [-0.4, -0.2) is 23.1 Å². The van der Waals surface area contributed by atoms with Crippen LogP contribution in [-0.2, 0) is 0 Å². The second-order valence-corrected chi connectivity index (χ2v) is 4.44. The number of anilines is 1. The molecule has 2 heterocycles. The van der Waals surface area contributed by atoms with Gasteiger partial charge >= 0.3 is 0 Å². The van der Waals surface area contributed by atoms with Gasteiger partial charge in [-0.25, -0.2) is 9.97 Å². The molecular formula is C12H16N4. The van der Waals surface area contributed by atoms with E-state index in [1.165, 1.54) is 12.8 Å². The molecule has 2 rings (SSSR count). The van der Waals surface area contributed by atoms with Crippen LogP contribution in [0.15, 0.2) is 6.07 Å². The van der Waals surface area contributed by atoms with Crippen LogP contribution in [0.5, 0.6) is 0 Å². The maximum absolute atomic E-state index is 8.95. The highest BCUT2D eigenvalue weighted by Gasteiger charge is 2.17. The first-order valence-corrected chi connectivity index (χ1v) is 5.74. The van der Waals surface area contributed by atoms with Crippen molar-refractivity contribution in [2.45, 2.75) is 32.6 Å². The molecule has 0 N–H and O–H groups in total. The fourth-order valence-electron chi connectivity index (χ4n) is 1.86. The minimum Gasteiger partial charge on any atom is -0.341 e. The highest BCUT2D eigenvalue weighted by Crippen LogP contribution is 2.20. The quantitative estimate of drug-likeness (QED) is 0.759. The van der Waals surface area contributed by atoms with E-state index < -0.39 is 0 Å². The van der Waals surface area contributed by atoms with Crippen molar-refractivity contribution in [1.82, 2.24) is 9.97 Å². The first-order chi connectivity index (χ1) is 7.70. The number of nitrogens with zero attached hydrogens (tertiary/aromatic N) is 4. The van der Waals surface area contributed by atoms with Gasteiger partial charge in [0.05, 0.1) is 0 Å². The molecule has 0 radical (unpaired) electrons. The summed E-state index contributed by atoms with van der Waals surface area (Å²) in [6.45, 7) is 6.17. The third-order valence-electron chi connectivity index (χ3n) is 2.83. The fraction of sp³-hybridized carbons (Fsp3) is 0.583. The topological polar surface area (TPSA) is 52.8 Å². The highest BCUT2D eigenvalue weighted by atomic mass is 15.3. The lowest BCUT2D eigenvalue weighted by atomic mass is 10.1. The summed E-state index contributed by atoms with van der Waals surface area (Å²) in [6, 6.07) is 3.89. The van der Waals surface area contributed by atoms with E-state index in [0.29, 0.717) is 11.6 Å². The summed E-state index contributed by atoms with van der Waals surface area (Å²) in [5, 5.41) is 8.95. The zero-order valence-corrected chi connectivity index (χ0v) is 9.77. The van der Waals surface area contributed by atoms with Crippen molar-refractivity contribution in [3.63, 3.8) is 0 Å². The Morgan fingerprint density at radius 2 is 2.00 bits per heavy atom. The lowest BCUT2D eigenvalue weighted by Gasteiger charge is -2.16. The largest absolute Gasteiger partial charge is 0.341 e. The average molecular weight is 216 g/mol. The Hall–Kier alpha value is -1.63. The van der Waals surface area contributed by atoms with E-state index in [1.807, 2.05) is 0 Å². The van der Waals surface area contributed by atoms with Gasteiger partial charge in [0, 0.05) is 18.8 Å². The van der Waals surface area contributed by atoms with Crippen LogP contribution in [0.3, 0.4) is 0 Å². The normalized spacial score (nSPS) is 15.5. The molecule has 0 saturated carbocycles. The molecule has 0 amide bonds. The molecule has 1 fully saturated rings. The van der Waals surface area contributed by atoms with E-state index >= 15 is 0 Å². The smallest absolute Gasteiger partial charge is 0.226 e. The van der Waals surface area contributed by atoms with Crippen molar-refractivity contribution < 1.29 is 0 Å². The molecule has 0 aromatic carbocycles. The van der Waals surface area contributed by atoms with E-state index in [4.69, 9.17) is 5.26 Å². The summed E-state index contributed by atoms with van der Waals surface area (Å²) in [5.74, 6) is 1.05. The fourth-order valence-corrected chi connectivity index (χ4v) is 1.86. The predicted octanol–water partition coefficient (Wildman–Crippen LogP) is 2.07. The minimum atomic E-state index is 0.330. The molecule has 1 aromatic heterocycles. The number of rotatable bonds is 2. The van der Waals surface area contributed by atoms with Crippen molar-refractivity contribution in [3.05, 3.63) is 17.5 Å². The summed E-state index contributed by atoms with van der Waals surface area (Å²) in [4.78, 5) is 11.0. The van der Waals surface area contributed by atoms with Crippen molar-refractivity contribution in [3.8, 4) is 6.07 Å². The highest BCUT2D eigenvalue weighted by molar-refractivity contribution is 5.37. The molecule has 84 valence electrons. The molecular weight excluding hydrogens is 200 g/mol. The lowest BCUT2D eigenvalue weighted by molar-refractivity contribution is 0.792. The average Bonchev–Trinajstić information content (AvgIpc) is 2.81. The van der Waals surface area contributed by atoms with E-state index in [1.54, 1.807) is 6.07 Å². The van der Waals surface area contributed by atoms with Gasteiger partial charge in [0.2, 0.25) is 5.95 Å². The molecule has 4 heteroatoms. The minimum absolute atomic E-state index is 0.330. The van der Waals surface area contributed by atoms with Gasteiger partial charge in [-0.2, -0.15) is 5.26 Å². The molecule has 1 aromatic rings. The summed E-state index contributed by atoms with van der Waals surface area (Å²) >= 11 is 0. The Balaban J connectivity index is 2.37. The van der Waals surface area contributed by atoms with Crippen molar-refractivity contribution in [2.75, 3.05) is 18.0 Å². The van der Waals surface area contributed by atoms with Gasteiger partial charge in [-0.15, -0.1) is 0 Å². The standard InChI is InChI=1S/C12H16N4/c1-9(2)11-7-10(8-13)14-12(15-11)16-5-3-4-6-16/h7,9H,3-6H2,1-2H3. The third-order valence-corrected chi connectivity index (χ3v) is 2.83. The van der Waals surface area contributed by atoms with Gasteiger partial charge in [-0.3, -0.25) is 0 Å². The zero-order chi connectivity index (χ0) is 11.5. The summed E-state index contributed by atoms with van der Waals surface area (Å²) in [6.07, 6.45) is 2.38. The Bertz CT molecular complexity index is 414. The lowest BCUT2D eigenvalue weighted by Crippen LogP contribution is -2.21. The predicted molar refractivity (Wildman–Crippen MR) is 62.3 cm³/mol. The van der Waals surface area contributed by atoms with Gasteiger partial charge in [0.15, 0.2) is 0 Å². The second-order valence-electron chi connectivity index (χ2n) is 4.44. The molecule has 1 aliphatic heterocycles.